The van der Waals surface area contributed by atoms with Crippen LogP contribution in [-0.4, -0.2) is 30.4 Å². The number of amides is 1. The van der Waals surface area contributed by atoms with Crippen LogP contribution in [0.15, 0.2) is 0 Å². The summed E-state index contributed by atoms with van der Waals surface area (Å²) in [5, 5.41) is 0. The molecule has 1 unspecified atom stereocenters. The quantitative estimate of drug-likeness (QED) is 0.769. The molecular formula is C12H24N2O. The average Bonchev–Trinajstić information content (AvgIpc) is 2.54. The van der Waals surface area contributed by atoms with E-state index in [9.17, 15) is 4.79 Å². The van der Waals surface area contributed by atoms with E-state index in [0.29, 0.717) is 30.2 Å². The molecule has 0 spiro atoms. The van der Waals surface area contributed by atoms with Crippen LogP contribution in [0, 0.1) is 11.3 Å². The van der Waals surface area contributed by atoms with Gasteiger partial charge in [-0.1, -0.05) is 20.8 Å². The minimum atomic E-state index is 0.306. The van der Waals surface area contributed by atoms with E-state index in [1.807, 2.05) is 4.90 Å². The molecule has 1 atom stereocenters. The van der Waals surface area contributed by atoms with Gasteiger partial charge in [-0.25, -0.2) is 0 Å². The zero-order valence-electron chi connectivity index (χ0n) is 10.3. The van der Waals surface area contributed by atoms with Crippen molar-refractivity contribution < 1.29 is 4.79 Å². The third-order valence-electron chi connectivity index (χ3n) is 3.28. The first-order valence-corrected chi connectivity index (χ1v) is 5.92. The Morgan fingerprint density at radius 1 is 1.53 bits per heavy atom. The van der Waals surface area contributed by atoms with Gasteiger partial charge in [0.1, 0.15) is 0 Å². The van der Waals surface area contributed by atoms with E-state index in [2.05, 4.69) is 20.8 Å². The molecule has 1 aliphatic heterocycles. The molecule has 0 aliphatic carbocycles. The first-order chi connectivity index (χ1) is 6.94. The highest BCUT2D eigenvalue weighted by Crippen LogP contribution is 2.29. The molecular weight excluding hydrogens is 188 g/mol. The Bertz CT molecular complexity index is 226. The molecule has 0 radical (unpaired) electrons. The van der Waals surface area contributed by atoms with E-state index in [-0.39, 0.29) is 0 Å². The largest absolute Gasteiger partial charge is 0.342 e. The molecule has 1 aliphatic rings. The topological polar surface area (TPSA) is 46.3 Å². The second kappa shape index (κ2) is 4.97. The van der Waals surface area contributed by atoms with Crippen molar-refractivity contribution in [3.8, 4) is 0 Å². The van der Waals surface area contributed by atoms with Gasteiger partial charge in [0.05, 0.1) is 0 Å². The monoisotopic (exact) mass is 212 g/mol. The Morgan fingerprint density at radius 2 is 2.20 bits per heavy atom. The van der Waals surface area contributed by atoms with Gasteiger partial charge in [0.2, 0.25) is 5.91 Å². The Labute approximate surface area is 93.0 Å². The summed E-state index contributed by atoms with van der Waals surface area (Å²) >= 11 is 0. The first kappa shape index (κ1) is 12.5. The van der Waals surface area contributed by atoms with Crippen molar-refractivity contribution in [2.75, 3.05) is 19.6 Å². The number of hydrogen-bond acceptors (Lipinski definition) is 2. The molecule has 0 bridgehead atoms. The van der Waals surface area contributed by atoms with Crippen molar-refractivity contribution in [3.05, 3.63) is 0 Å². The predicted molar refractivity (Wildman–Crippen MR) is 62.4 cm³/mol. The molecule has 1 rings (SSSR count). The third-order valence-corrected chi connectivity index (χ3v) is 3.28. The molecule has 0 aromatic carbocycles. The summed E-state index contributed by atoms with van der Waals surface area (Å²) in [5.74, 6) is 0.769. The highest BCUT2D eigenvalue weighted by atomic mass is 16.2. The normalized spacial score (nSPS) is 21.7. The lowest BCUT2D eigenvalue weighted by molar-refractivity contribution is -0.130. The van der Waals surface area contributed by atoms with E-state index in [1.54, 1.807) is 0 Å². The zero-order chi connectivity index (χ0) is 11.5. The fraction of sp³-hybridized carbons (Fsp3) is 0.917. The second-order valence-electron chi connectivity index (χ2n) is 5.61. The second-order valence-corrected chi connectivity index (χ2v) is 5.61. The average molecular weight is 212 g/mol. The number of hydrogen-bond donors (Lipinski definition) is 1. The van der Waals surface area contributed by atoms with Crippen molar-refractivity contribution in [2.45, 2.75) is 40.0 Å². The van der Waals surface area contributed by atoms with Crippen LogP contribution in [0.3, 0.4) is 0 Å². The molecule has 2 N–H and O–H groups in total. The molecule has 1 fully saturated rings. The summed E-state index contributed by atoms with van der Waals surface area (Å²) in [4.78, 5) is 13.8. The Hall–Kier alpha value is -0.570. The van der Waals surface area contributed by atoms with E-state index in [4.69, 9.17) is 5.73 Å². The predicted octanol–water partition coefficient (Wildman–Crippen LogP) is 1.62. The van der Waals surface area contributed by atoms with Crippen LogP contribution in [0.5, 0.6) is 0 Å². The fourth-order valence-electron chi connectivity index (χ4n) is 1.97. The van der Waals surface area contributed by atoms with Gasteiger partial charge in [-0.2, -0.15) is 0 Å². The van der Waals surface area contributed by atoms with Gasteiger partial charge in [-0.05, 0) is 30.7 Å². The van der Waals surface area contributed by atoms with Crippen molar-refractivity contribution in [3.63, 3.8) is 0 Å². The van der Waals surface area contributed by atoms with E-state index in [0.717, 1.165) is 25.9 Å². The van der Waals surface area contributed by atoms with E-state index in [1.165, 1.54) is 0 Å². The van der Waals surface area contributed by atoms with Crippen LogP contribution in [0.25, 0.3) is 0 Å². The highest BCUT2D eigenvalue weighted by molar-refractivity contribution is 5.76. The van der Waals surface area contributed by atoms with Crippen molar-refractivity contribution in [1.29, 1.82) is 0 Å². The number of nitrogens with two attached hydrogens (primary N) is 1. The Morgan fingerprint density at radius 3 is 2.67 bits per heavy atom. The lowest BCUT2D eigenvalue weighted by Gasteiger charge is -2.20. The Kier molecular flexibility index (Phi) is 4.14. The van der Waals surface area contributed by atoms with Crippen LogP contribution in [0.4, 0.5) is 0 Å². The molecule has 1 saturated heterocycles. The lowest BCUT2D eigenvalue weighted by atomic mass is 9.93. The van der Waals surface area contributed by atoms with E-state index >= 15 is 0 Å². The highest BCUT2D eigenvalue weighted by Gasteiger charge is 2.31. The summed E-state index contributed by atoms with van der Waals surface area (Å²) in [6, 6.07) is 0. The lowest BCUT2D eigenvalue weighted by Crippen LogP contribution is -2.30. The van der Waals surface area contributed by atoms with Crippen molar-refractivity contribution >= 4 is 5.91 Å². The molecule has 3 nitrogen and oxygen atoms in total. The van der Waals surface area contributed by atoms with Gasteiger partial charge in [0.15, 0.2) is 0 Å². The molecule has 0 aromatic heterocycles. The zero-order valence-corrected chi connectivity index (χ0v) is 10.3. The molecule has 0 saturated carbocycles. The van der Waals surface area contributed by atoms with Crippen LogP contribution in [0.2, 0.25) is 0 Å². The molecule has 0 aromatic rings. The standard InChI is InChI=1S/C12H24N2O/c1-10(8-13)4-5-11(15)14-7-6-12(2,3)9-14/h10H,4-9,13H2,1-3H3. The number of rotatable bonds is 4. The molecule has 88 valence electrons. The van der Waals surface area contributed by atoms with Crippen molar-refractivity contribution in [2.24, 2.45) is 17.1 Å². The maximum atomic E-state index is 11.8. The van der Waals surface area contributed by atoms with Crippen molar-refractivity contribution in [1.82, 2.24) is 4.90 Å². The maximum absolute atomic E-state index is 11.8. The van der Waals surface area contributed by atoms with Gasteiger partial charge >= 0.3 is 0 Å². The summed E-state index contributed by atoms with van der Waals surface area (Å²) in [5.41, 5.74) is 5.84. The molecule has 3 heteroatoms. The van der Waals surface area contributed by atoms with Gasteiger partial charge < -0.3 is 10.6 Å². The summed E-state index contributed by atoms with van der Waals surface area (Å²) in [7, 11) is 0. The number of carbonyl (C=O) groups excluding carboxylic acids is 1. The SMILES string of the molecule is CC(CN)CCC(=O)N1CCC(C)(C)C1. The number of likely N-dealkylation sites (tertiary alicyclic amines) is 1. The smallest absolute Gasteiger partial charge is 0.222 e. The van der Waals surface area contributed by atoms with E-state index < -0.39 is 0 Å². The minimum Gasteiger partial charge on any atom is -0.342 e. The third kappa shape index (κ3) is 3.82. The van der Waals surface area contributed by atoms with Crippen LogP contribution in [-0.2, 0) is 4.79 Å². The van der Waals surface area contributed by atoms with Gasteiger partial charge in [-0.15, -0.1) is 0 Å². The van der Waals surface area contributed by atoms with Gasteiger partial charge in [0, 0.05) is 19.5 Å². The molecule has 1 heterocycles. The first-order valence-electron chi connectivity index (χ1n) is 5.92. The summed E-state index contributed by atoms with van der Waals surface area (Å²) in [6.07, 6.45) is 2.71. The van der Waals surface area contributed by atoms with Gasteiger partial charge in [-0.3, -0.25) is 4.79 Å². The summed E-state index contributed by atoms with van der Waals surface area (Å²) < 4.78 is 0. The Balaban J connectivity index is 2.30. The molecule has 15 heavy (non-hydrogen) atoms. The number of carbonyl (C=O) groups is 1. The van der Waals surface area contributed by atoms with Crippen LogP contribution in [0.1, 0.15) is 40.0 Å². The van der Waals surface area contributed by atoms with Crippen LogP contribution >= 0.6 is 0 Å². The van der Waals surface area contributed by atoms with Crippen LogP contribution < -0.4 is 5.73 Å². The number of nitrogens with zero attached hydrogens (tertiary/aromatic N) is 1. The van der Waals surface area contributed by atoms with Gasteiger partial charge in [0.25, 0.3) is 0 Å². The minimum absolute atomic E-state index is 0.306. The maximum Gasteiger partial charge on any atom is 0.222 e. The summed E-state index contributed by atoms with van der Waals surface area (Å²) in [6.45, 7) is 9.08. The fourth-order valence-corrected chi connectivity index (χ4v) is 1.97. The molecule has 1 amide bonds.